The molecule has 1 saturated carbocycles. The van der Waals surface area contributed by atoms with Crippen LogP contribution >= 0.6 is 11.6 Å². The Morgan fingerprint density at radius 1 is 1.22 bits per heavy atom. The molecule has 0 aromatic carbocycles. The average Bonchev–Trinajstić information content (AvgIpc) is 2.66. The van der Waals surface area contributed by atoms with Gasteiger partial charge in [-0.2, -0.15) is 0 Å². The second-order valence-corrected chi connectivity index (χ2v) is 6.48. The van der Waals surface area contributed by atoms with Crippen molar-refractivity contribution in [3.8, 4) is 0 Å². The van der Waals surface area contributed by atoms with E-state index in [1.807, 2.05) is 0 Å². The molecule has 27 heavy (non-hydrogen) atoms. The first-order chi connectivity index (χ1) is 12.8. The molecule has 2 rings (SSSR count). The van der Waals surface area contributed by atoms with Crippen LogP contribution < -0.4 is 16.1 Å². The average molecular weight is 398 g/mol. The number of aromatic nitrogens is 1. The van der Waals surface area contributed by atoms with Gasteiger partial charge in [-0.05, 0) is 31.4 Å². The number of nitrogens with zero attached hydrogens (tertiary/aromatic N) is 2. The third-order valence-electron chi connectivity index (χ3n) is 4.23. The summed E-state index contributed by atoms with van der Waals surface area (Å²) >= 11 is 5.69. The van der Waals surface area contributed by atoms with E-state index in [0.717, 1.165) is 0 Å². The number of carbonyl (C=O) groups excluding carboxylic acids is 3. The van der Waals surface area contributed by atoms with E-state index in [4.69, 9.17) is 11.6 Å². The van der Waals surface area contributed by atoms with Crippen molar-refractivity contribution in [2.75, 3.05) is 12.4 Å². The van der Waals surface area contributed by atoms with Crippen molar-refractivity contribution in [1.82, 2.24) is 20.7 Å². The number of rotatable bonds is 3. The highest BCUT2D eigenvalue weighted by Crippen LogP contribution is 2.27. The molecular weight excluding hydrogens is 378 g/mol. The molecule has 0 aliphatic heterocycles. The van der Waals surface area contributed by atoms with Crippen molar-refractivity contribution in [3.05, 3.63) is 23.4 Å². The molecule has 1 aromatic heterocycles. The lowest BCUT2D eigenvalue weighted by Gasteiger charge is -2.34. The van der Waals surface area contributed by atoms with Gasteiger partial charge in [0, 0.05) is 19.2 Å². The van der Waals surface area contributed by atoms with Crippen LogP contribution in [0.5, 0.6) is 0 Å². The molecule has 1 unspecified atom stereocenters. The van der Waals surface area contributed by atoms with Gasteiger partial charge < -0.3 is 15.7 Å². The molecule has 2 atom stereocenters. The maximum Gasteiger partial charge on any atom is 0.426 e. The van der Waals surface area contributed by atoms with Crippen LogP contribution in [0.2, 0.25) is 5.02 Å². The Bertz CT molecular complexity index is 726. The van der Waals surface area contributed by atoms with E-state index in [2.05, 4.69) is 21.0 Å². The summed E-state index contributed by atoms with van der Waals surface area (Å²) in [6, 6.07) is 2.27. The molecule has 10 nitrogen and oxygen atoms in total. The first-order valence-corrected chi connectivity index (χ1v) is 8.67. The number of anilines is 1. The van der Waals surface area contributed by atoms with Gasteiger partial charge in [0.1, 0.15) is 5.82 Å². The van der Waals surface area contributed by atoms with Crippen LogP contribution in [0.4, 0.5) is 10.6 Å². The molecule has 0 spiro atoms. The number of nitrogens with one attached hydrogen (secondary N) is 3. The van der Waals surface area contributed by atoms with Crippen molar-refractivity contribution >= 4 is 41.2 Å². The fourth-order valence-corrected chi connectivity index (χ4v) is 3.03. The van der Waals surface area contributed by atoms with Gasteiger partial charge in [0.2, 0.25) is 5.91 Å². The van der Waals surface area contributed by atoms with Gasteiger partial charge in [-0.3, -0.25) is 19.8 Å². The Morgan fingerprint density at radius 3 is 2.56 bits per heavy atom. The predicted molar refractivity (Wildman–Crippen MR) is 95.7 cm³/mol. The van der Waals surface area contributed by atoms with Gasteiger partial charge in [0.15, 0.2) is 0 Å². The summed E-state index contributed by atoms with van der Waals surface area (Å²) in [6.07, 6.45) is 1.87. The Hall–Kier alpha value is -2.88. The van der Waals surface area contributed by atoms with Crippen LogP contribution in [0.3, 0.4) is 0 Å². The highest BCUT2D eigenvalue weighted by molar-refractivity contribution is 6.39. The van der Waals surface area contributed by atoms with Gasteiger partial charge in [0.05, 0.1) is 11.1 Å². The van der Waals surface area contributed by atoms with Crippen molar-refractivity contribution in [2.24, 2.45) is 5.92 Å². The van der Waals surface area contributed by atoms with Crippen LogP contribution in [-0.4, -0.2) is 52.0 Å². The molecule has 0 bridgehead atoms. The first kappa shape index (κ1) is 20.4. The number of halogens is 1. The monoisotopic (exact) mass is 397 g/mol. The van der Waals surface area contributed by atoms with Crippen LogP contribution in [0.15, 0.2) is 18.3 Å². The smallest absolute Gasteiger partial charge is 0.426 e. The number of hydrazine groups is 1. The summed E-state index contributed by atoms with van der Waals surface area (Å²) < 4.78 is 0. The lowest BCUT2D eigenvalue weighted by molar-refractivity contribution is -0.139. The van der Waals surface area contributed by atoms with Crippen LogP contribution in [0.1, 0.15) is 25.7 Å². The third kappa shape index (κ3) is 5.55. The van der Waals surface area contributed by atoms with Gasteiger partial charge >= 0.3 is 17.9 Å². The van der Waals surface area contributed by atoms with Crippen LogP contribution in [0, 0.1) is 5.92 Å². The van der Waals surface area contributed by atoms with E-state index < -0.39 is 23.9 Å². The van der Waals surface area contributed by atoms with Gasteiger partial charge in [-0.15, -0.1) is 0 Å². The second kappa shape index (κ2) is 9.17. The Kier molecular flexibility index (Phi) is 6.94. The summed E-state index contributed by atoms with van der Waals surface area (Å²) in [4.78, 5) is 51.3. The number of carbonyl (C=O) groups is 4. The summed E-state index contributed by atoms with van der Waals surface area (Å²) in [7, 11) is 1.51. The fraction of sp³-hybridized carbons (Fsp3) is 0.438. The number of pyridine rings is 1. The summed E-state index contributed by atoms with van der Waals surface area (Å²) in [5.74, 6) is -2.66. The third-order valence-corrected chi connectivity index (χ3v) is 4.46. The van der Waals surface area contributed by atoms with Gasteiger partial charge in [-0.1, -0.05) is 18.0 Å². The fourth-order valence-electron chi connectivity index (χ4n) is 2.92. The normalized spacial score (nSPS) is 18.9. The van der Waals surface area contributed by atoms with E-state index in [9.17, 15) is 24.3 Å². The van der Waals surface area contributed by atoms with E-state index in [-0.39, 0.29) is 24.1 Å². The zero-order chi connectivity index (χ0) is 20.0. The Labute approximate surface area is 160 Å². The summed E-state index contributed by atoms with van der Waals surface area (Å²) in [5, 5.41) is 15.2. The quantitative estimate of drug-likeness (QED) is 0.442. The zero-order valence-electron chi connectivity index (χ0n) is 14.6. The van der Waals surface area contributed by atoms with Crippen LogP contribution in [0.25, 0.3) is 0 Å². The van der Waals surface area contributed by atoms with E-state index in [0.29, 0.717) is 29.3 Å². The van der Waals surface area contributed by atoms with Crippen molar-refractivity contribution in [1.29, 1.82) is 0 Å². The van der Waals surface area contributed by atoms with E-state index in [1.165, 1.54) is 25.4 Å². The standard InChI is InChI=1S/C16H20ClN5O5/c1-18-13(23)9-3-2-4-11(7-9)22(16(26)27)21-15(25)14(24)20-12-6-5-10(17)8-19-12/h5-6,8-9,11H,2-4,7H2,1H3,(H,18,23)(H,21,25)(H,26,27)(H,19,20,24)/t9-,11?/m0/s1. The maximum atomic E-state index is 12.1. The van der Waals surface area contributed by atoms with Gasteiger partial charge in [-0.25, -0.2) is 14.8 Å². The first-order valence-electron chi connectivity index (χ1n) is 8.29. The molecular formula is C16H20ClN5O5. The topological polar surface area (TPSA) is 141 Å². The van der Waals surface area contributed by atoms with Crippen molar-refractivity contribution in [2.45, 2.75) is 31.7 Å². The Balaban J connectivity index is 2.00. The lowest BCUT2D eigenvalue weighted by atomic mass is 9.85. The number of amides is 4. The molecule has 1 heterocycles. The molecule has 146 valence electrons. The van der Waals surface area contributed by atoms with Gasteiger partial charge in [0.25, 0.3) is 0 Å². The summed E-state index contributed by atoms with van der Waals surface area (Å²) in [5.41, 5.74) is 2.09. The molecule has 11 heteroatoms. The predicted octanol–water partition coefficient (Wildman–Crippen LogP) is 0.989. The molecule has 4 amide bonds. The number of hydrogen-bond donors (Lipinski definition) is 4. The number of carboxylic acid groups (broad SMARTS) is 1. The summed E-state index contributed by atoms with van der Waals surface area (Å²) in [6.45, 7) is 0. The molecule has 1 fully saturated rings. The minimum atomic E-state index is -1.41. The zero-order valence-corrected chi connectivity index (χ0v) is 15.3. The van der Waals surface area contributed by atoms with Crippen molar-refractivity contribution in [3.63, 3.8) is 0 Å². The maximum absolute atomic E-state index is 12.1. The molecule has 4 N–H and O–H groups in total. The minimum Gasteiger partial charge on any atom is -0.464 e. The second-order valence-electron chi connectivity index (χ2n) is 6.04. The van der Waals surface area contributed by atoms with Crippen molar-refractivity contribution < 1.29 is 24.3 Å². The van der Waals surface area contributed by atoms with Crippen LogP contribution in [-0.2, 0) is 14.4 Å². The van der Waals surface area contributed by atoms with E-state index >= 15 is 0 Å². The minimum absolute atomic E-state index is 0.0961. The highest BCUT2D eigenvalue weighted by Gasteiger charge is 2.34. The lowest BCUT2D eigenvalue weighted by Crippen LogP contribution is -2.55. The van der Waals surface area contributed by atoms with E-state index in [1.54, 1.807) is 0 Å². The largest absolute Gasteiger partial charge is 0.464 e. The molecule has 1 aliphatic carbocycles. The number of hydrogen-bond acceptors (Lipinski definition) is 5. The highest BCUT2D eigenvalue weighted by atomic mass is 35.5. The molecule has 1 aliphatic rings. The SMILES string of the molecule is CNC(=O)[C@H]1CCCC(N(NC(=O)C(=O)Nc2ccc(Cl)cn2)C(=O)O)C1. The molecule has 0 saturated heterocycles. The molecule has 1 aromatic rings. The Morgan fingerprint density at radius 2 is 1.96 bits per heavy atom. The molecule has 0 radical (unpaired) electrons.